The van der Waals surface area contributed by atoms with E-state index in [4.69, 9.17) is 5.26 Å². The zero-order chi connectivity index (χ0) is 12.3. The van der Waals surface area contributed by atoms with E-state index in [1.807, 2.05) is 6.07 Å². The normalized spacial score (nSPS) is 11.8. The SMILES string of the molecule is N#CC(C(=O)c1csc(I)c1)c1cccnc1. The third-order valence-corrected chi connectivity index (χ3v) is 4.05. The molecular formula is C12H7IN2OS. The highest BCUT2D eigenvalue weighted by atomic mass is 127. The Labute approximate surface area is 116 Å². The van der Waals surface area contributed by atoms with Gasteiger partial charge >= 0.3 is 0 Å². The van der Waals surface area contributed by atoms with Crippen LogP contribution in [0.2, 0.25) is 0 Å². The predicted octanol–water partition coefficient (Wildman–Crippen LogP) is 3.24. The Morgan fingerprint density at radius 1 is 1.59 bits per heavy atom. The standard InChI is InChI=1S/C12H7IN2OS/c13-11-4-9(7-17-11)12(16)10(5-14)8-2-1-3-15-6-8/h1-4,6-7,10H. The van der Waals surface area contributed by atoms with Crippen molar-refractivity contribution in [1.29, 1.82) is 5.26 Å². The number of rotatable bonds is 3. The van der Waals surface area contributed by atoms with Crippen LogP contribution in [0.15, 0.2) is 36.0 Å². The molecule has 5 heteroatoms. The molecule has 2 heterocycles. The smallest absolute Gasteiger partial charge is 0.185 e. The molecule has 0 saturated carbocycles. The van der Waals surface area contributed by atoms with Crippen LogP contribution in [0, 0.1) is 14.2 Å². The van der Waals surface area contributed by atoms with Crippen LogP contribution >= 0.6 is 33.9 Å². The summed E-state index contributed by atoms with van der Waals surface area (Å²) in [7, 11) is 0. The fourth-order valence-corrected chi connectivity index (χ4v) is 2.77. The van der Waals surface area contributed by atoms with E-state index in [2.05, 4.69) is 27.6 Å². The van der Waals surface area contributed by atoms with Gasteiger partial charge in [-0.25, -0.2) is 0 Å². The van der Waals surface area contributed by atoms with E-state index in [-0.39, 0.29) is 5.78 Å². The molecule has 0 N–H and O–H groups in total. The number of nitrogens with zero attached hydrogens (tertiary/aromatic N) is 2. The Balaban J connectivity index is 2.32. The van der Waals surface area contributed by atoms with Gasteiger partial charge in [0.05, 0.1) is 8.95 Å². The van der Waals surface area contributed by atoms with Crippen molar-refractivity contribution in [2.45, 2.75) is 5.92 Å². The van der Waals surface area contributed by atoms with Crippen molar-refractivity contribution >= 4 is 39.7 Å². The second-order valence-corrected chi connectivity index (χ2v) is 6.16. The quantitative estimate of drug-likeness (QED) is 0.628. The molecule has 0 amide bonds. The minimum atomic E-state index is -0.769. The second kappa shape index (κ2) is 5.38. The number of hydrogen-bond acceptors (Lipinski definition) is 4. The van der Waals surface area contributed by atoms with Crippen LogP contribution < -0.4 is 0 Å². The van der Waals surface area contributed by atoms with Crippen LogP contribution in [0.3, 0.4) is 0 Å². The molecule has 3 nitrogen and oxygen atoms in total. The number of nitriles is 1. The van der Waals surface area contributed by atoms with Gasteiger partial charge in [-0.1, -0.05) is 6.07 Å². The van der Waals surface area contributed by atoms with Gasteiger partial charge < -0.3 is 0 Å². The van der Waals surface area contributed by atoms with Crippen molar-refractivity contribution in [1.82, 2.24) is 4.98 Å². The maximum atomic E-state index is 12.1. The number of Topliss-reactive ketones (excluding diaryl/α,β-unsaturated/α-hetero) is 1. The molecule has 2 rings (SSSR count). The van der Waals surface area contributed by atoms with Gasteiger partial charge in [0.2, 0.25) is 0 Å². The number of thiophene rings is 1. The highest BCUT2D eigenvalue weighted by Gasteiger charge is 2.22. The average molecular weight is 354 g/mol. The number of halogens is 1. The monoisotopic (exact) mass is 354 g/mol. The fraction of sp³-hybridized carbons (Fsp3) is 0.0833. The second-order valence-electron chi connectivity index (χ2n) is 3.35. The summed E-state index contributed by atoms with van der Waals surface area (Å²) in [5.41, 5.74) is 1.23. The highest BCUT2D eigenvalue weighted by molar-refractivity contribution is 14.1. The molecule has 1 atom stereocenters. The van der Waals surface area contributed by atoms with E-state index in [0.717, 1.165) is 2.88 Å². The number of ketones is 1. The maximum absolute atomic E-state index is 12.1. The van der Waals surface area contributed by atoms with Crippen LogP contribution in [-0.2, 0) is 0 Å². The van der Waals surface area contributed by atoms with Gasteiger partial charge in [-0.05, 0) is 40.3 Å². The number of hydrogen-bond donors (Lipinski definition) is 0. The van der Waals surface area contributed by atoms with Gasteiger partial charge in [0, 0.05) is 23.3 Å². The van der Waals surface area contributed by atoms with Crippen molar-refractivity contribution in [3.05, 3.63) is 50.0 Å². The molecule has 0 aliphatic carbocycles. The van der Waals surface area contributed by atoms with Crippen molar-refractivity contribution in [3.8, 4) is 6.07 Å². The first-order chi connectivity index (χ1) is 8.22. The lowest BCUT2D eigenvalue weighted by Gasteiger charge is -2.05. The Bertz CT molecular complexity index is 574. The van der Waals surface area contributed by atoms with Gasteiger partial charge in [0.25, 0.3) is 0 Å². The van der Waals surface area contributed by atoms with Gasteiger partial charge in [-0.2, -0.15) is 5.26 Å². The van der Waals surface area contributed by atoms with E-state index in [9.17, 15) is 4.79 Å². The van der Waals surface area contributed by atoms with Gasteiger partial charge in [-0.15, -0.1) is 11.3 Å². The maximum Gasteiger partial charge on any atom is 0.185 e. The number of carbonyl (C=O) groups excluding carboxylic acids is 1. The summed E-state index contributed by atoms with van der Waals surface area (Å²) in [6.07, 6.45) is 3.18. The first-order valence-electron chi connectivity index (χ1n) is 4.80. The molecule has 0 saturated heterocycles. The molecule has 84 valence electrons. The molecule has 0 aliphatic heterocycles. The molecule has 0 aromatic carbocycles. The third kappa shape index (κ3) is 2.70. The van der Waals surface area contributed by atoms with Crippen molar-refractivity contribution in [2.24, 2.45) is 0 Å². The largest absolute Gasteiger partial charge is 0.292 e. The molecule has 2 aromatic heterocycles. The summed E-state index contributed by atoms with van der Waals surface area (Å²) in [6.45, 7) is 0. The summed E-state index contributed by atoms with van der Waals surface area (Å²) in [5, 5.41) is 10.9. The molecule has 2 aromatic rings. The molecule has 17 heavy (non-hydrogen) atoms. The summed E-state index contributed by atoms with van der Waals surface area (Å²) in [4.78, 5) is 16.1. The van der Waals surface area contributed by atoms with E-state index >= 15 is 0 Å². The number of carbonyl (C=O) groups is 1. The van der Waals surface area contributed by atoms with Crippen LogP contribution in [-0.4, -0.2) is 10.8 Å². The zero-order valence-corrected chi connectivity index (χ0v) is 11.6. The van der Waals surface area contributed by atoms with Crippen molar-refractivity contribution in [2.75, 3.05) is 0 Å². The lowest BCUT2D eigenvalue weighted by molar-refractivity contribution is 0.0979. The fourth-order valence-electron chi connectivity index (χ4n) is 1.44. The molecule has 0 bridgehead atoms. The van der Waals surface area contributed by atoms with Gasteiger partial charge in [0.15, 0.2) is 5.78 Å². The summed E-state index contributed by atoms with van der Waals surface area (Å²) in [5.74, 6) is -0.936. The van der Waals surface area contributed by atoms with Crippen LogP contribution in [0.25, 0.3) is 0 Å². The topological polar surface area (TPSA) is 53.8 Å². The summed E-state index contributed by atoms with van der Waals surface area (Å²) in [6, 6.07) is 7.31. The van der Waals surface area contributed by atoms with Gasteiger partial charge in [0.1, 0.15) is 5.92 Å². The summed E-state index contributed by atoms with van der Waals surface area (Å²) >= 11 is 3.65. The molecule has 0 spiro atoms. The van der Waals surface area contributed by atoms with E-state index in [0.29, 0.717) is 11.1 Å². The lowest BCUT2D eigenvalue weighted by Crippen LogP contribution is -2.10. The number of aromatic nitrogens is 1. The van der Waals surface area contributed by atoms with E-state index < -0.39 is 5.92 Å². The Hall–Kier alpha value is -1.26. The molecular weight excluding hydrogens is 347 g/mol. The molecule has 0 aliphatic rings. The van der Waals surface area contributed by atoms with E-state index in [1.54, 1.807) is 36.0 Å². The predicted molar refractivity (Wildman–Crippen MR) is 74.0 cm³/mol. The van der Waals surface area contributed by atoms with E-state index in [1.165, 1.54) is 11.3 Å². The van der Waals surface area contributed by atoms with Crippen LogP contribution in [0.1, 0.15) is 21.8 Å². The molecule has 0 fully saturated rings. The Kier molecular flexibility index (Phi) is 3.86. The summed E-state index contributed by atoms with van der Waals surface area (Å²) < 4.78 is 1.04. The first kappa shape index (κ1) is 12.2. The number of pyridine rings is 1. The third-order valence-electron chi connectivity index (χ3n) is 2.26. The minimum absolute atomic E-state index is 0.167. The van der Waals surface area contributed by atoms with Crippen LogP contribution in [0.4, 0.5) is 0 Å². The van der Waals surface area contributed by atoms with Gasteiger partial charge in [-0.3, -0.25) is 9.78 Å². The highest BCUT2D eigenvalue weighted by Crippen LogP contribution is 2.24. The average Bonchev–Trinajstić information content (AvgIpc) is 2.78. The van der Waals surface area contributed by atoms with Crippen molar-refractivity contribution < 1.29 is 4.79 Å². The van der Waals surface area contributed by atoms with Crippen molar-refractivity contribution in [3.63, 3.8) is 0 Å². The zero-order valence-electron chi connectivity index (χ0n) is 8.63. The molecule has 0 radical (unpaired) electrons. The first-order valence-corrected chi connectivity index (χ1v) is 6.76. The van der Waals surface area contributed by atoms with Crippen LogP contribution in [0.5, 0.6) is 0 Å². The lowest BCUT2D eigenvalue weighted by atomic mass is 9.94. The Morgan fingerprint density at radius 3 is 2.94 bits per heavy atom. The molecule has 1 unspecified atom stereocenters. The Morgan fingerprint density at radius 2 is 2.41 bits per heavy atom. The minimum Gasteiger partial charge on any atom is -0.292 e.